The maximum Gasteiger partial charge on any atom is 0.242 e. The molecule has 0 aliphatic rings. The molecule has 0 saturated heterocycles. The van der Waals surface area contributed by atoms with Gasteiger partial charge in [-0.3, -0.25) is 0 Å². The molecule has 2 aromatic heterocycles. The maximum atomic E-state index is 10.2. The van der Waals surface area contributed by atoms with Gasteiger partial charge in [-0.1, -0.05) is 0 Å². The Bertz CT molecular complexity index is 536. The molecule has 4 heteroatoms. The van der Waals surface area contributed by atoms with E-state index in [0.29, 0.717) is 11.4 Å². The first-order valence-electron chi connectivity index (χ1n) is 4.16. The van der Waals surface area contributed by atoms with Crippen molar-refractivity contribution in [2.75, 3.05) is 0 Å². The lowest BCUT2D eigenvalue weighted by Crippen LogP contribution is -1.80. The Balaban J connectivity index is 2.85. The summed E-state index contributed by atoms with van der Waals surface area (Å²) in [4.78, 5) is 17.8. The first-order valence-corrected chi connectivity index (χ1v) is 4.16. The highest BCUT2D eigenvalue weighted by molar-refractivity contribution is 5.88. The minimum Gasteiger partial charge on any atom is -0.461 e. The molecule has 0 unspecified atom stereocenters. The lowest BCUT2D eigenvalue weighted by molar-refractivity contribution is 0.565. The molecule has 0 spiro atoms. The summed E-state index contributed by atoms with van der Waals surface area (Å²) in [5, 5.41) is 0.747. The second kappa shape index (κ2) is 3.09. The summed E-state index contributed by atoms with van der Waals surface area (Å²) in [6, 6.07) is 3.62. The zero-order chi connectivity index (χ0) is 10.1. The lowest BCUT2D eigenvalue weighted by Gasteiger charge is -1.94. The number of nitrogens with zero attached hydrogens (tertiary/aromatic N) is 2. The Morgan fingerprint density at radius 1 is 1.43 bits per heavy atom. The molecule has 0 atom stereocenters. The predicted molar refractivity (Wildman–Crippen MR) is 51.3 cm³/mol. The van der Waals surface area contributed by atoms with E-state index in [-0.39, 0.29) is 0 Å². The van der Waals surface area contributed by atoms with Crippen molar-refractivity contribution in [1.29, 1.82) is 0 Å². The number of hydrogen-bond acceptors (Lipinski definition) is 4. The Hall–Kier alpha value is -1.93. The number of isocyanates is 1. The Morgan fingerprint density at radius 2 is 2.21 bits per heavy atom. The van der Waals surface area contributed by atoms with Gasteiger partial charge in [0.05, 0.1) is 5.39 Å². The fourth-order valence-corrected chi connectivity index (χ4v) is 1.39. The van der Waals surface area contributed by atoms with Gasteiger partial charge in [0.1, 0.15) is 11.3 Å². The van der Waals surface area contributed by atoms with Crippen LogP contribution in [0.5, 0.6) is 0 Å². The van der Waals surface area contributed by atoms with Gasteiger partial charge in [-0.05, 0) is 19.9 Å². The number of pyridine rings is 1. The van der Waals surface area contributed by atoms with Gasteiger partial charge in [0.15, 0.2) is 5.82 Å². The fraction of sp³-hybridized carbons (Fsp3) is 0.200. The van der Waals surface area contributed by atoms with Crippen LogP contribution in [0, 0.1) is 13.8 Å². The van der Waals surface area contributed by atoms with Crippen molar-refractivity contribution in [3.63, 3.8) is 0 Å². The summed E-state index contributed by atoms with van der Waals surface area (Å²) in [6.45, 7) is 3.66. The van der Waals surface area contributed by atoms with Crippen LogP contribution < -0.4 is 0 Å². The summed E-state index contributed by atoms with van der Waals surface area (Å²) in [7, 11) is 0. The largest absolute Gasteiger partial charge is 0.461 e. The number of fused-ring (bicyclic) bond motifs is 1. The summed E-state index contributed by atoms with van der Waals surface area (Å²) in [5.41, 5.74) is 1.46. The normalized spacial score (nSPS) is 10.1. The van der Waals surface area contributed by atoms with Crippen molar-refractivity contribution in [2.24, 2.45) is 4.99 Å². The number of aryl methyl sites for hydroxylation is 2. The smallest absolute Gasteiger partial charge is 0.242 e. The van der Waals surface area contributed by atoms with Gasteiger partial charge in [-0.25, -0.2) is 9.78 Å². The first-order chi connectivity index (χ1) is 6.70. The van der Waals surface area contributed by atoms with Crippen LogP contribution in [0.3, 0.4) is 0 Å². The molecule has 2 heterocycles. The number of furan rings is 1. The average Bonchev–Trinajstić information content (AvgIpc) is 2.45. The third-order valence-corrected chi connectivity index (χ3v) is 1.90. The monoisotopic (exact) mass is 188 g/mol. The molecule has 0 N–H and O–H groups in total. The van der Waals surface area contributed by atoms with Crippen LogP contribution in [0.2, 0.25) is 0 Å². The molecule has 4 nitrogen and oxygen atoms in total. The van der Waals surface area contributed by atoms with Crippen LogP contribution in [-0.4, -0.2) is 11.1 Å². The standard InChI is InChI=1S/C10H8N2O2/c1-6-3-9-8(4-7(2)14-9)10(12-6)11-5-13/h3-4H,1-2H3. The first kappa shape index (κ1) is 8.66. The Morgan fingerprint density at radius 3 is 2.93 bits per heavy atom. The zero-order valence-corrected chi connectivity index (χ0v) is 7.87. The molecule has 14 heavy (non-hydrogen) atoms. The van der Waals surface area contributed by atoms with Gasteiger partial charge in [0.25, 0.3) is 0 Å². The van der Waals surface area contributed by atoms with Gasteiger partial charge >= 0.3 is 0 Å². The molecule has 2 rings (SSSR count). The number of aliphatic imine (C=N–C) groups is 1. The number of rotatable bonds is 1. The van der Waals surface area contributed by atoms with E-state index in [1.54, 1.807) is 6.07 Å². The molecule has 0 aliphatic carbocycles. The molecule has 0 aromatic carbocycles. The molecule has 0 saturated carbocycles. The predicted octanol–water partition coefficient (Wildman–Crippen LogP) is 2.41. The van der Waals surface area contributed by atoms with E-state index < -0.39 is 0 Å². The summed E-state index contributed by atoms with van der Waals surface area (Å²) >= 11 is 0. The highest BCUT2D eigenvalue weighted by atomic mass is 16.3. The fourth-order valence-electron chi connectivity index (χ4n) is 1.39. The van der Waals surface area contributed by atoms with Crippen LogP contribution in [-0.2, 0) is 4.79 Å². The topological polar surface area (TPSA) is 55.5 Å². The van der Waals surface area contributed by atoms with Gasteiger partial charge in [-0.15, -0.1) is 4.99 Å². The lowest BCUT2D eigenvalue weighted by atomic mass is 10.2. The quantitative estimate of drug-likeness (QED) is 0.510. The second-order valence-electron chi connectivity index (χ2n) is 3.06. The van der Waals surface area contributed by atoms with Crippen LogP contribution in [0.15, 0.2) is 21.5 Å². The third kappa shape index (κ3) is 1.32. The van der Waals surface area contributed by atoms with Crippen LogP contribution in [0.25, 0.3) is 11.0 Å². The van der Waals surface area contributed by atoms with E-state index in [0.717, 1.165) is 16.8 Å². The van der Waals surface area contributed by atoms with Gasteiger partial charge in [-0.2, -0.15) is 0 Å². The summed E-state index contributed by atoms with van der Waals surface area (Å²) in [5.74, 6) is 1.14. The van der Waals surface area contributed by atoms with Crippen molar-refractivity contribution in [3.8, 4) is 0 Å². The third-order valence-electron chi connectivity index (χ3n) is 1.90. The average molecular weight is 188 g/mol. The molecule has 0 radical (unpaired) electrons. The Labute approximate surface area is 80.3 Å². The molecule has 0 amide bonds. The second-order valence-corrected chi connectivity index (χ2v) is 3.06. The van der Waals surface area contributed by atoms with Gasteiger partial charge in [0, 0.05) is 11.8 Å². The van der Waals surface area contributed by atoms with Crippen LogP contribution in [0.1, 0.15) is 11.5 Å². The van der Waals surface area contributed by atoms with E-state index in [1.807, 2.05) is 19.9 Å². The molecular formula is C10H8N2O2. The van der Waals surface area contributed by atoms with Crippen LogP contribution >= 0.6 is 0 Å². The summed E-state index contributed by atoms with van der Waals surface area (Å²) in [6.07, 6.45) is 1.48. The van der Waals surface area contributed by atoms with Crippen molar-refractivity contribution in [3.05, 3.63) is 23.6 Å². The van der Waals surface area contributed by atoms with E-state index in [2.05, 4.69) is 9.98 Å². The molecule has 0 aliphatic heterocycles. The van der Waals surface area contributed by atoms with E-state index in [9.17, 15) is 4.79 Å². The summed E-state index contributed by atoms with van der Waals surface area (Å²) < 4.78 is 5.41. The van der Waals surface area contributed by atoms with Gasteiger partial charge in [0.2, 0.25) is 6.08 Å². The van der Waals surface area contributed by atoms with Crippen molar-refractivity contribution >= 4 is 22.9 Å². The molecule has 70 valence electrons. The SMILES string of the molecule is Cc1cc2oc(C)cc2c(N=C=O)n1. The molecular weight excluding hydrogens is 180 g/mol. The number of hydrogen-bond donors (Lipinski definition) is 0. The van der Waals surface area contributed by atoms with Crippen molar-refractivity contribution in [1.82, 2.24) is 4.98 Å². The number of aromatic nitrogens is 1. The maximum absolute atomic E-state index is 10.2. The minimum atomic E-state index is 0.367. The van der Waals surface area contributed by atoms with Crippen LogP contribution in [0.4, 0.5) is 5.82 Å². The van der Waals surface area contributed by atoms with E-state index in [1.165, 1.54) is 6.08 Å². The van der Waals surface area contributed by atoms with E-state index in [4.69, 9.17) is 4.42 Å². The number of carbonyl (C=O) groups excluding carboxylic acids is 1. The molecule has 2 aromatic rings. The molecule has 0 fully saturated rings. The Kier molecular flexibility index (Phi) is 1.91. The van der Waals surface area contributed by atoms with Crippen molar-refractivity contribution < 1.29 is 9.21 Å². The highest BCUT2D eigenvalue weighted by Gasteiger charge is 2.07. The van der Waals surface area contributed by atoms with E-state index >= 15 is 0 Å². The molecule has 0 bridgehead atoms. The van der Waals surface area contributed by atoms with Crippen molar-refractivity contribution in [2.45, 2.75) is 13.8 Å². The minimum absolute atomic E-state index is 0.367. The van der Waals surface area contributed by atoms with Gasteiger partial charge < -0.3 is 4.42 Å². The zero-order valence-electron chi connectivity index (χ0n) is 7.87. The highest BCUT2D eigenvalue weighted by Crippen LogP contribution is 2.27.